The highest BCUT2D eigenvalue weighted by molar-refractivity contribution is 6.20. The number of benzene rings is 2. The van der Waals surface area contributed by atoms with Crippen molar-refractivity contribution in [3.05, 3.63) is 48.5 Å². The maximum absolute atomic E-state index is 14.0. The van der Waals surface area contributed by atoms with Crippen LogP contribution in [0.25, 0.3) is 11.1 Å². The SMILES string of the molecule is CCCCOCC(F)(F)C(F)(F)C(F)(F)COc1ccc(-c2ccc(OC[C@H](C)Cl)cc2)cc1. The third kappa shape index (κ3) is 7.43. The summed E-state index contributed by atoms with van der Waals surface area (Å²) >= 11 is 5.83. The molecule has 3 nitrogen and oxygen atoms in total. The van der Waals surface area contributed by atoms with Gasteiger partial charge in [-0.3, -0.25) is 0 Å². The van der Waals surface area contributed by atoms with E-state index in [-0.39, 0.29) is 17.7 Å². The van der Waals surface area contributed by atoms with Gasteiger partial charge >= 0.3 is 17.8 Å². The molecule has 2 rings (SSSR count). The first-order valence-electron chi connectivity index (χ1n) is 10.7. The third-order valence-corrected chi connectivity index (χ3v) is 4.91. The van der Waals surface area contributed by atoms with E-state index in [9.17, 15) is 26.3 Å². The zero-order chi connectivity index (χ0) is 25.4. The van der Waals surface area contributed by atoms with Crippen molar-refractivity contribution in [2.45, 2.75) is 49.8 Å². The van der Waals surface area contributed by atoms with Crippen molar-refractivity contribution in [2.75, 3.05) is 26.4 Å². The summed E-state index contributed by atoms with van der Waals surface area (Å²) < 4.78 is 98.1. The van der Waals surface area contributed by atoms with Crippen LogP contribution in [0.3, 0.4) is 0 Å². The Morgan fingerprint density at radius 1 is 0.765 bits per heavy atom. The highest BCUT2D eigenvalue weighted by Crippen LogP contribution is 2.46. The Hall–Kier alpha value is -2.13. The van der Waals surface area contributed by atoms with Crippen LogP contribution < -0.4 is 9.47 Å². The smallest absolute Gasteiger partial charge is 0.377 e. The van der Waals surface area contributed by atoms with Crippen molar-refractivity contribution in [2.24, 2.45) is 0 Å². The van der Waals surface area contributed by atoms with Gasteiger partial charge in [0.25, 0.3) is 0 Å². The summed E-state index contributed by atoms with van der Waals surface area (Å²) in [5.41, 5.74) is 1.47. The van der Waals surface area contributed by atoms with Gasteiger partial charge in [-0.25, -0.2) is 0 Å². The van der Waals surface area contributed by atoms with Crippen LogP contribution in [0.4, 0.5) is 26.3 Å². The molecule has 0 bridgehead atoms. The fourth-order valence-electron chi connectivity index (χ4n) is 2.77. The van der Waals surface area contributed by atoms with E-state index in [1.165, 1.54) is 24.3 Å². The van der Waals surface area contributed by atoms with Gasteiger partial charge in [-0.15, -0.1) is 11.6 Å². The van der Waals surface area contributed by atoms with Crippen LogP contribution in [-0.4, -0.2) is 49.6 Å². The fourth-order valence-corrected chi connectivity index (χ4v) is 2.83. The predicted octanol–water partition coefficient (Wildman–Crippen LogP) is 7.46. The zero-order valence-corrected chi connectivity index (χ0v) is 19.6. The molecule has 190 valence electrons. The average Bonchev–Trinajstić information content (AvgIpc) is 2.79. The minimum Gasteiger partial charge on any atom is -0.492 e. The lowest BCUT2D eigenvalue weighted by atomic mass is 10.1. The highest BCUT2D eigenvalue weighted by Gasteiger charge is 2.71. The zero-order valence-electron chi connectivity index (χ0n) is 18.8. The Labute approximate surface area is 200 Å². The van der Waals surface area contributed by atoms with Crippen LogP contribution in [0.1, 0.15) is 26.7 Å². The van der Waals surface area contributed by atoms with Gasteiger partial charge in [0.1, 0.15) is 24.7 Å². The summed E-state index contributed by atoms with van der Waals surface area (Å²) in [5, 5.41) is -0.148. The molecule has 0 N–H and O–H groups in total. The minimum atomic E-state index is -5.66. The summed E-state index contributed by atoms with van der Waals surface area (Å²) in [4.78, 5) is 0. The summed E-state index contributed by atoms with van der Waals surface area (Å²) in [6, 6.07) is 12.6. The fraction of sp³-hybridized carbons (Fsp3) is 0.500. The van der Waals surface area contributed by atoms with Crippen LogP contribution in [0.5, 0.6) is 11.5 Å². The van der Waals surface area contributed by atoms with Crippen LogP contribution in [0.2, 0.25) is 0 Å². The first-order valence-corrected chi connectivity index (χ1v) is 11.1. The summed E-state index contributed by atoms with van der Waals surface area (Å²) in [6.45, 7) is -0.0733. The molecule has 0 amide bonds. The van der Waals surface area contributed by atoms with Gasteiger partial charge in [0, 0.05) is 6.61 Å². The Bertz CT molecular complexity index is 873. The van der Waals surface area contributed by atoms with E-state index in [0.29, 0.717) is 30.8 Å². The quantitative estimate of drug-likeness (QED) is 0.149. The summed E-state index contributed by atoms with van der Waals surface area (Å²) in [6.07, 6.45) is 0.931. The van der Waals surface area contributed by atoms with Crippen molar-refractivity contribution in [3.8, 4) is 22.6 Å². The largest absolute Gasteiger partial charge is 0.492 e. The average molecular weight is 513 g/mol. The van der Waals surface area contributed by atoms with Gasteiger partial charge in [0.2, 0.25) is 0 Å². The molecule has 0 aliphatic rings. The van der Waals surface area contributed by atoms with Gasteiger partial charge in [0.05, 0.1) is 5.38 Å². The molecule has 0 heterocycles. The molecule has 1 atom stereocenters. The highest BCUT2D eigenvalue weighted by atomic mass is 35.5. The van der Waals surface area contributed by atoms with E-state index in [1.54, 1.807) is 38.1 Å². The van der Waals surface area contributed by atoms with Crippen molar-refractivity contribution >= 4 is 11.6 Å². The summed E-state index contributed by atoms with van der Waals surface area (Å²) in [5.74, 6) is -15.4. The first kappa shape index (κ1) is 28.1. The van der Waals surface area contributed by atoms with Gasteiger partial charge in [-0.1, -0.05) is 37.6 Å². The molecule has 34 heavy (non-hydrogen) atoms. The standard InChI is InChI=1S/C24H27ClF6O3/c1-3-4-13-32-15-22(26,27)24(30,31)23(28,29)16-34-21-11-7-19(8-12-21)18-5-9-20(10-6-18)33-14-17(2)25/h5-12,17H,3-4,13-16H2,1-2H3/t17-/m0/s1. The molecule has 0 aliphatic heterocycles. The van der Waals surface area contributed by atoms with E-state index in [0.717, 1.165) is 5.56 Å². The van der Waals surface area contributed by atoms with Gasteiger partial charge in [-0.05, 0) is 48.7 Å². The lowest BCUT2D eigenvalue weighted by Crippen LogP contribution is -2.58. The van der Waals surface area contributed by atoms with Crippen LogP contribution >= 0.6 is 11.6 Å². The molecule has 2 aromatic carbocycles. The normalized spacial score (nSPS) is 13.6. The topological polar surface area (TPSA) is 27.7 Å². The van der Waals surface area contributed by atoms with Crippen LogP contribution in [0.15, 0.2) is 48.5 Å². The van der Waals surface area contributed by atoms with E-state index >= 15 is 0 Å². The minimum absolute atomic E-state index is 0.148. The van der Waals surface area contributed by atoms with Crippen molar-refractivity contribution in [1.29, 1.82) is 0 Å². The van der Waals surface area contributed by atoms with E-state index in [1.807, 2.05) is 0 Å². The second kappa shape index (κ2) is 12.0. The van der Waals surface area contributed by atoms with Gasteiger partial charge in [-0.2, -0.15) is 26.3 Å². The van der Waals surface area contributed by atoms with E-state index in [4.69, 9.17) is 21.1 Å². The van der Waals surface area contributed by atoms with E-state index < -0.39 is 31.0 Å². The van der Waals surface area contributed by atoms with E-state index in [2.05, 4.69) is 4.74 Å². The third-order valence-electron chi connectivity index (χ3n) is 4.79. The number of unbranched alkanes of at least 4 members (excludes halogenated alkanes) is 1. The Balaban J connectivity index is 1.98. The first-order chi connectivity index (χ1) is 15.9. The molecule has 0 aromatic heterocycles. The van der Waals surface area contributed by atoms with Crippen LogP contribution in [0, 0.1) is 0 Å². The molecule has 10 heteroatoms. The second-order valence-electron chi connectivity index (χ2n) is 7.82. The number of halogens is 7. The maximum Gasteiger partial charge on any atom is 0.377 e. The molecule has 0 saturated carbocycles. The molecule has 0 unspecified atom stereocenters. The number of hydrogen-bond donors (Lipinski definition) is 0. The number of rotatable bonds is 14. The monoisotopic (exact) mass is 512 g/mol. The molecule has 0 fully saturated rings. The molecule has 2 aromatic rings. The summed E-state index contributed by atoms with van der Waals surface area (Å²) in [7, 11) is 0. The molecular weight excluding hydrogens is 486 g/mol. The lowest BCUT2D eigenvalue weighted by molar-refractivity contribution is -0.324. The Morgan fingerprint density at radius 3 is 1.71 bits per heavy atom. The Morgan fingerprint density at radius 2 is 1.24 bits per heavy atom. The molecule has 0 radical (unpaired) electrons. The second-order valence-corrected chi connectivity index (χ2v) is 8.56. The Kier molecular flexibility index (Phi) is 9.94. The number of ether oxygens (including phenoxy) is 3. The molecule has 0 spiro atoms. The van der Waals surface area contributed by atoms with Crippen molar-refractivity contribution < 1.29 is 40.6 Å². The van der Waals surface area contributed by atoms with Crippen molar-refractivity contribution in [3.63, 3.8) is 0 Å². The van der Waals surface area contributed by atoms with Gasteiger partial charge < -0.3 is 14.2 Å². The van der Waals surface area contributed by atoms with Crippen LogP contribution in [-0.2, 0) is 4.74 Å². The van der Waals surface area contributed by atoms with Crippen molar-refractivity contribution in [1.82, 2.24) is 0 Å². The molecule has 0 aliphatic carbocycles. The predicted molar refractivity (Wildman–Crippen MR) is 119 cm³/mol. The lowest BCUT2D eigenvalue weighted by Gasteiger charge is -2.32. The van der Waals surface area contributed by atoms with Gasteiger partial charge in [0.15, 0.2) is 6.61 Å². The number of alkyl halides is 7. The molecular formula is C24H27ClF6O3. The number of hydrogen-bond acceptors (Lipinski definition) is 3. The maximum atomic E-state index is 14.0. The molecule has 0 saturated heterocycles.